The first-order valence-corrected chi connectivity index (χ1v) is 6.10. The van der Waals surface area contributed by atoms with Crippen molar-refractivity contribution in [1.29, 1.82) is 0 Å². The maximum absolute atomic E-state index is 10.3. The van der Waals surface area contributed by atoms with E-state index in [1.54, 1.807) is 13.2 Å². The van der Waals surface area contributed by atoms with Crippen LogP contribution in [0.25, 0.3) is 0 Å². The second-order valence-corrected chi connectivity index (χ2v) is 4.51. The molecule has 1 unspecified atom stereocenters. The van der Waals surface area contributed by atoms with E-state index in [9.17, 15) is 5.11 Å². The molecule has 0 amide bonds. The summed E-state index contributed by atoms with van der Waals surface area (Å²) in [5.41, 5.74) is 2.56. The van der Waals surface area contributed by atoms with E-state index in [1.807, 2.05) is 42.5 Å². The number of halogens is 1. The van der Waals surface area contributed by atoms with Crippen molar-refractivity contribution in [3.8, 4) is 0 Å². The summed E-state index contributed by atoms with van der Waals surface area (Å²) in [4.78, 5) is 0. The SMILES string of the molecule is COCc1cccc(C(O)c2ccccc2Cl)c1. The Bertz CT molecular complexity index is 525. The molecule has 0 aliphatic rings. The average Bonchev–Trinajstić information content (AvgIpc) is 2.39. The highest BCUT2D eigenvalue weighted by atomic mass is 35.5. The molecule has 0 aliphatic heterocycles. The van der Waals surface area contributed by atoms with Gasteiger partial charge in [-0.25, -0.2) is 0 Å². The van der Waals surface area contributed by atoms with Crippen LogP contribution in [0.3, 0.4) is 0 Å². The zero-order chi connectivity index (χ0) is 13.0. The molecule has 2 nitrogen and oxygen atoms in total. The van der Waals surface area contributed by atoms with E-state index >= 15 is 0 Å². The molecule has 1 atom stereocenters. The highest BCUT2D eigenvalue weighted by Gasteiger charge is 2.13. The maximum Gasteiger partial charge on any atom is 0.105 e. The predicted molar refractivity (Wildman–Crippen MR) is 72.7 cm³/mol. The summed E-state index contributed by atoms with van der Waals surface area (Å²) in [5.74, 6) is 0. The Hall–Kier alpha value is -1.35. The minimum absolute atomic E-state index is 0.531. The Morgan fingerprint density at radius 3 is 2.67 bits per heavy atom. The zero-order valence-corrected chi connectivity index (χ0v) is 10.9. The summed E-state index contributed by atoms with van der Waals surface area (Å²) in [6.07, 6.45) is -0.712. The third-order valence-electron chi connectivity index (χ3n) is 2.78. The Kier molecular flexibility index (Phi) is 4.37. The van der Waals surface area contributed by atoms with E-state index in [0.717, 1.165) is 11.1 Å². The predicted octanol–water partition coefficient (Wildman–Crippen LogP) is 3.57. The minimum Gasteiger partial charge on any atom is -0.384 e. The normalized spacial score (nSPS) is 12.4. The summed E-state index contributed by atoms with van der Waals surface area (Å²) in [6.45, 7) is 0.531. The molecule has 0 aromatic heterocycles. The van der Waals surface area contributed by atoms with Gasteiger partial charge in [-0.3, -0.25) is 0 Å². The highest BCUT2D eigenvalue weighted by molar-refractivity contribution is 6.31. The molecule has 0 aliphatic carbocycles. The Balaban J connectivity index is 2.31. The fourth-order valence-electron chi connectivity index (χ4n) is 1.90. The summed E-state index contributed by atoms with van der Waals surface area (Å²) in [7, 11) is 1.65. The number of methoxy groups -OCH3 is 1. The number of benzene rings is 2. The minimum atomic E-state index is -0.712. The van der Waals surface area contributed by atoms with Crippen LogP contribution < -0.4 is 0 Å². The quantitative estimate of drug-likeness (QED) is 0.913. The monoisotopic (exact) mass is 262 g/mol. The van der Waals surface area contributed by atoms with Gasteiger partial charge in [-0.05, 0) is 17.2 Å². The fraction of sp³-hybridized carbons (Fsp3) is 0.200. The standard InChI is InChI=1S/C15H15ClO2/c1-18-10-11-5-4-6-12(9-11)15(17)13-7-2-3-8-14(13)16/h2-9,15,17H,10H2,1H3. The van der Waals surface area contributed by atoms with Gasteiger partial charge in [-0.15, -0.1) is 0 Å². The van der Waals surface area contributed by atoms with Crippen LogP contribution in [0, 0.1) is 0 Å². The molecule has 1 N–H and O–H groups in total. The number of aliphatic hydroxyl groups is 1. The van der Waals surface area contributed by atoms with Gasteiger partial charge in [0.05, 0.1) is 6.61 Å². The van der Waals surface area contributed by atoms with Crippen molar-refractivity contribution < 1.29 is 9.84 Å². The molecule has 94 valence electrons. The largest absolute Gasteiger partial charge is 0.384 e. The number of hydrogen-bond acceptors (Lipinski definition) is 2. The van der Waals surface area contributed by atoms with Crippen molar-refractivity contribution in [2.75, 3.05) is 7.11 Å². The molecule has 0 saturated carbocycles. The van der Waals surface area contributed by atoms with Gasteiger partial charge in [-0.1, -0.05) is 54.1 Å². The van der Waals surface area contributed by atoms with Gasteiger partial charge in [0.25, 0.3) is 0 Å². The summed E-state index contributed by atoms with van der Waals surface area (Å²) < 4.78 is 5.08. The summed E-state index contributed by atoms with van der Waals surface area (Å²) in [5, 5.41) is 10.9. The van der Waals surface area contributed by atoms with Crippen molar-refractivity contribution in [3.63, 3.8) is 0 Å². The molecule has 0 heterocycles. The van der Waals surface area contributed by atoms with Crippen LogP contribution in [0.5, 0.6) is 0 Å². The molecule has 18 heavy (non-hydrogen) atoms. The molecule has 2 aromatic carbocycles. The van der Waals surface area contributed by atoms with Crippen molar-refractivity contribution in [2.45, 2.75) is 12.7 Å². The Labute approximate surface area is 112 Å². The number of rotatable bonds is 4. The van der Waals surface area contributed by atoms with Crippen LogP contribution in [0.1, 0.15) is 22.8 Å². The van der Waals surface area contributed by atoms with Gasteiger partial charge in [0.2, 0.25) is 0 Å². The Morgan fingerprint density at radius 2 is 1.94 bits per heavy atom. The molecule has 3 heteroatoms. The highest BCUT2D eigenvalue weighted by Crippen LogP contribution is 2.28. The van der Waals surface area contributed by atoms with Crippen LogP contribution in [0.4, 0.5) is 0 Å². The first kappa shape index (κ1) is 13.1. The first-order chi connectivity index (χ1) is 8.72. The van der Waals surface area contributed by atoms with Crippen molar-refractivity contribution in [2.24, 2.45) is 0 Å². The van der Waals surface area contributed by atoms with Crippen LogP contribution in [-0.2, 0) is 11.3 Å². The van der Waals surface area contributed by atoms with E-state index in [2.05, 4.69) is 0 Å². The van der Waals surface area contributed by atoms with Gasteiger partial charge >= 0.3 is 0 Å². The van der Waals surface area contributed by atoms with Crippen LogP contribution in [0.15, 0.2) is 48.5 Å². The van der Waals surface area contributed by atoms with Crippen molar-refractivity contribution >= 4 is 11.6 Å². The smallest absolute Gasteiger partial charge is 0.105 e. The lowest BCUT2D eigenvalue weighted by molar-refractivity contribution is 0.184. The molecule has 0 spiro atoms. The summed E-state index contributed by atoms with van der Waals surface area (Å²) >= 11 is 6.09. The van der Waals surface area contributed by atoms with E-state index < -0.39 is 6.10 Å². The lowest BCUT2D eigenvalue weighted by atomic mass is 10.00. The summed E-state index contributed by atoms with van der Waals surface area (Å²) in [6, 6.07) is 15.0. The lowest BCUT2D eigenvalue weighted by Gasteiger charge is -2.14. The second kappa shape index (κ2) is 6.01. The topological polar surface area (TPSA) is 29.5 Å². The van der Waals surface area contributed by atoms with E-state index in [0.29, 0.717) is 17.2 Å². The van der Waals surface area contributed by atoms with Gasteiger partial charge in [0, 0.05) is 17.7 Å². The molecule has 0 radical (unpaired) electrons. The number of aliphatic hydroxyl groups excluding tert-OH is 1. The zero-order valence-electron chi connectivity index (χ0n) is 10.1. The second-order valence-electron chi connectivity index (χ2n) is 4.10. The van der Waals surface area contributed by atoms with Crippen molar-refractivity contribution in [3.05, 3.63) is 70.2 Å². The number of ether oxygens (including phenoxy) is 1. The first-order valence-electron chi connectivity index (χ1n) is 5.72. The van der Waals surface area contributed by atoms with Crippen molar-refractivity contribution in [1.82, 2.24) is 0 Å². The maximum atomic E-state index is 10.3. The molecule has 0 bridgehead atoms. The lowest BCUT2D eigenvalue weighted by Crippen LogP contribution is -2.01. The van der Waals surface area contributed by atoms with Gasteiger partial charge in [-0.2, -0.15) is 0 Å². The molecular weight excluding hydrogens is 248 g/mol. The van der Waals surface area contributed by atoms with E-state index in [4.69, 9.17) is 16.3 Å². The third-order valence-corrected chi connectivity index (χ3v) is 3.12. The van der Waals surface area contributed by atoms with E-state index in [1.165, 1.54) is 0 Å². The van der Waals surface area contributed by atoms with Gasteiger partial charge < -0.3 is 9.84 Å². The molecular formula is C15H15ClO2. The van der Waals surface area contributed by atoms with Gasteiger partial charge in [0.1, 0.15) is 6.10 Å². The Morgan fingerprint density at radius 1 is 1.17 bits per heavy atom. The van der Waals surface area contributed by atoms with Crippen LogP contribution in [0.2, 0.25) is 5.02 Å². The third kappa shape index (κ3) is 2.91. The average molecular weight is 263 g/mol. The molecule has 2 rings (SSSR count). The molecule has 0 fully saturated rings. The molecule has 0 saturated heterocycles. The van der Waals surface area contributed by atoms with E-state index in [-0.39, 0.29) is 0 Å². The van der Waals surface area contributed by atoms with Crippen LogP contribution >= 0.6 is 11.6 Å². The molecule has 2 aromatic rings. The van der Waals surface area contributed by atoms with Gasteiger partial charge in [0.15, 0.2) is 0 Å². The fourth-order valence-corrected chi connectivity index (χ4v) is 2.14. The van der Waals surface area contributed by atoms with Crippen LogP contribution in [-0.4, -0.2) is 12.2 Å². The number of hydrogen-bond donors (Lipinski definition) is 1.